The second-order valence-electron chi connectivity index (χ2n) is 7.83. The Labute approximate surface area is 158 Å². The summed E-state index contributed by atoms with van der Waals surface area (Å²) in [7, 11) is 0. The number of nitrogens with zero attached hydrogens (tertiary/aromatic N) is 1. The molecule has 2 saturated heterocycles. The maximum atomic E-state index is 12.3. The molecule has 2 fully saturated rings. The Hall–Kier alpha value is -1.98. The Morgan fingerprint density at radius 2 is 1.78 bits per heavy atom. The zero-order valence-corrected chi connectivity index (χ0v) is 15.2. The van der Waals surface area contributed by atoms with Gasteiger partial charge in [0.15, 0.2) is 0 Å². The number of fused-ring (bicyclic) bond motifs is 2. The molecule has 0 spiro atoms. The van der Waals surface area contributed by atoms with Gasteiger partial charge in [-0.1, -0.05) is 42.5 Å². The smallest absolute Gasteiger partial charge is 0.387 e. The summed E-state index contributed by atoms with van der Waals surface area (Å²) >= 11 is 0. The zero-order chi connectivity index (χ0) is 18.9. The van der Waals surface area contributed by atoms with Crippen molar-refractivity contribution in [1.29, 1.82) is 0 Å². The molecule has 3 nitrogen and oxygen atoms in total. The van der Waals surface area contributed by atoms with Crippen molar-refractivity contribution in [1.82, 2.24) is 4.90 Å². The van der Waals surface area contributed by atoms with E-state index in [4.69, 9.17) is 0 Å². The third kappa shape index (κ3) is 3.71. The van der Waals surface area contributed by atoms with E-state index in [-0.39, 0.29) is 17.8 Å². The minimum atomic E-state index is -2.80. The Kier molecular flexibility index (Phi) is 5.15. The van der Waals surface area contributed by atoms with Crippen LogP contribution in [0.2, 0.25) is 0 Å². The lowest BCUT2D eigenvalue weighted by Crippen LogP contribution is -2.41. The van der Waals surface area contributed by atoms with Gasteiger partial charge in [-0.15, -0.1) is 0 Å². The first-order chi connectivity index (χ1) is 13.1. The van der Waals surface area contributed by atoms with Crippen LogP contribution in [0.3, 0.4) is 0 Å². The number of rotatable bonds is 7. The summed E-state index contributed by atoms with van der Waals surface area (Å²) in [5.41, 5.74) is 2.26. The van der Waals surface area contributed by atoms with Crippen LogP contribution in [-0.2, 0) is 13.0 Å². The van der Waals surface area contributed by atoms with E-state index in [0.717, 1.165) is 37.8 Å². The molecule has 2 aromatic rings. The van der Waals surface area contributed by atoms with Gasteiger partial charge < -0.3 is 9.84 Å². The summed E-state index contributed by atoms with van der Waals surface area (Å²) in [6, 6.07) is 18.1. The molecule has 144 valence electrons. The quantitative estimate of drug-likeness (QED) is 0.788. The van der Waals surface area contributed by atoms with Crippen LogP contribution in [0.1, 0.15) is 30.4 Å². The molecule has 0 aliphatic carbocycles. The van der Waals surface area contributed by atoms with E-state index in [1.807, 2.05) is 18.2 Å². The number of ether oxygens (including phenoxy) is 1. The predicted octanol–water partition coefficient (Wildman–Crippen LogP) is 4.25. The lowest BCUT2D eigenvalue weighted by molar-refractivity contribution is -0.0498. The molecule has 1 N–H and O–H groups in total. The molecule has 0 unspecified atom stereocenters. The van der Waals surface area contributed by atoms with Crippen molar-refractivity contribution in [2.24, 2.45) is 5.41 Å². The topological polar surface area (TPSA) is 32.7 Å². The highest BCUT2D eigenvalue weighted by atomic mass is 19.3. The van der Waals surface area contributed by atoms with E-state index in [2.05, 4.69) is 33.9 Å². The van der Waals surface area contributed by atoms with Gasteiger partial charge in [-0.25, -0.2) is 0 Å². The highest BCUT2D eigenvalue weighted by molar-refractivity contribution is 5.28. The number of aliphatic hydroxyl groups is 1. The SMILES string of the molecule is OC[C@]1(Cc2ccccc2)C[C@@H]2CC[C@H]1N2Cc1ccc(OC(F)F)cc1. The molecule has 2 bridgehead atoms. The Balaban J connectivity index is 1.48. The third-order valence-electron chi connectivity index (χ3n) is 6.22. The Morgan fingerprint density at radius 3 is 2.44 bits per heavy atom. The van der Waals surface area contributed by atoms with Crippen LogP contribution < -0.4 is 4.74 Å². The van der Waals surface area contributed by atoms with Crippen molar-refractivity contribution in [2.45, 2.75) is 50.9 Å². The van der Waals surface area contributed by atoms with E-state index in [9.17, 15) is 13.9 Å². The average molecular weight is 373 g/mol. The fourth-order valence-corrected chi connectivity index (χ4v) is 5.06. The van der Waals surface area contributed by atoms with Gasteiger partial charge in [0.2, 0.25) is 0 Å². The molecular formula is C22H25F2NO2. The minimum Gasteiger partial charge on any atom is -0.435 e. The maximum absolute atomic E-state index is 12.3. The van der Waals surface area contributed by atoms with Crippen LogP contribution in [0, 0.1) is 5.41 Å². The highest BCUT2D eigenvalue weighted by Crippen LogP contribution is 2.51. The van der Waals surface area contributed by atoms with E-state index < -0.39 is 6.61 Å². The molecule has 0 radical (unpaired) electrons. The van der Waals surface area contributed by atoms with Crippen LogP contribution in [0.5, 0.6) is 5.75 Å². The van der Waals surface area contributed by atoms with E-state index in [0.29, 0.717) is 12.1 Å². The number of benzene rings is 2. The maximum Gasteiger partial charge on any atom is 0.387 e. The number of hydrogen-bond donors (Lipinski definition) is 1. The largest absolute Gasteiger partial charge is 0.435 e. The van der Waals surface area contributed by atoms with Crippen molar-refractivity contribution in [3.63, 3.8) is 0 Å². The fourth-order valence-electron chi connectivity index (χ4n) is 5.06. The minimum absolute atomic E-state index is 0.0942. The van der Waals surface area contributed by atoms with Gasteiger partial charge in [0.05, 0.1) is 6.61 Å². The third-order valence-corrected chi connectivity index (χ3v) is 6.22. The molecule has 3 atom stereocenters. The van der Waals surface area contributed by atoms with Gasteiger partial charge in [0.25, 0.3) is 0 Å². The first-order valence-electron chi connectivity index (χ1n) is 9.54. The zero-order valence-electron chi connectivity index (χ0n) is 15.2. The van der Waals surface area contributed by atoms with Gasteiger partial charge >= 0.3 is 6.61 Å². The molecule has 0 aromatic heterocycles. The van der Waals surface area contributed by atoms with E-state index in [1.165, 1.54) is 5.56 Å². The highest BCUT2D eigenvalue weighted by Gasteiger charge is 2.55. The van der Waals surface area contributed by atoms with Crippen LogP contribution in [0.25, 0.3) is 0 Å². The molecule has 0 saturated carbocycles. The Morgan fingerprint density at radius 1 is 1.04 bits per heavy atom. The average Bonchev–Trinajstić information content (AvgIpc) is 3.18. The summed E-state index contributed by atoms with van der Waals surface area (Å²) in [4.78, 5) is 2.50. The molecule has 27 heavy (non-hydrogen) atoms. The number of halogens is 2. The first kappa shape index (κ1) is 18.4. The number of alkyl halides is 2. The van der Waals surface area contributed by atoms with Crippen LogP contribution in [0.4, 0.5) is 8.78 Å². The molecule has 2 aliphatic heterocycles. The number of hydrogen-bond acceptors (Lipinski definition) is 3. The van der Waals surface area contributed by atoms with Crippen LogP contribution in [-0.4, -0.2) is 35.3 Å². The van der Waals surface area contributed by atoms with Gasteiger partial charge in [-0.2, -0.15) is 8.78 Å². The molecule has 5 heteroatoms. The first-order valence-corrected chi connectivity index (χ1v) is 9.54. The van der Waals surface area contributed by atoms with Crippen molar-refractivity contribution < 1.29 is 18.6 Å². The molecule has 2 aliphatic rings. The van der Waals surface area contributed by atoms with Crippen molar-refractivity contribution in [3.8, 4) is 5.75 Å². The lowest BCUT2D eigenvalue weighted by atomic mass is 9.70. The second kappa shape index (κ2) is 7.56. The van der Waals surface area contributed by atoms with Crippen LogP contribution in [0.15, 0.2) is 54.6 Å². The molecule has 2 heterocycles. The monoisotopic (exact) mass is 373 g/mol. The predicted molar refractivity (Wildman–Crippen MR) is 99.7 cm³/mol. The molecule has 2 aromatic carbocycles. The molecule has 4 rings (SSSR count). The summed E-state index contributed by atoms with van der Waals surface area (Å²) in [5.74, 6) is 0.187. The van der Waals surface area contributed by atoms with Crippen molar-refractivity contribution >= 4 is 0 Å². The van der Waals surface area contributed by atoms with Crippen LogP contribution >= 0.6 is 0 Å². The van der Waals surface area contributed by atoms with Crippen molar-refractivity contribution in [2.75, 3.05) is 6.61 Å². The van der Waals surface area contributed by atoms with Crippen molar-refractivity contribution in [3.05, 3.63) is 65.7 Å². The normalized spacial score (nSPS) is 27.4. The molecule has 0 amide bonds. The summed E-state index contributed by atoms with van der Waals surface area (Å²) in [6.45, 7) is -1.82. The van der Waals surface area contributed by atoms with Gasteiger partial charge in [0.1, 0.15) is 5.75 Å². The molecular weight excluding hydrogens is 348 g/mol. The lowest BCUT2D eigenvalue weighted by Gasteiger charge is -2.36. The van der Waals surface area contributed by atoms with Gasteiger partial charge in [-0.05, 0) is 48.9 Å². The number of aliphatic hydroxyl groups excluding tert-OH is 1. The van der Waals surface area contributed by atoms with E-state index >= 15 is 0 Å². The fraction of sp³-hybridized carbons (Fsp3) is 0.455. The summed E-state index contributed by atoms with van der Waals surface area (Å²) in [5, 5.41) is 10.3. The summed E-state index contributed by atoms with van der Waals surface area (Å²) in [6.07, 6.45) is 4.16. The standard InChI is InChI=1S/C22H25F2NO2/c23-21(24)27-19-9-6-17(7-10-19)14-25-18-8-11-20(25)22(13-18,15-26)12-16-4-2-1-3-5-16/h1-7,9-10,18,20-21,26H,8,11-15H2/t18-,20+,22-/m0/s1. The second-order valence-corrected chi connectivity index (χ2v) is 7.83. The van der Waals surface area contributed by atoms with E-state index in [1.54, 1.807) is 12.1 Å². The van der Waals surface area contributed by atoms with Gasteiger partial charge in [0, 0.05) is 24.0 Å². The Bertz CT molecular complexity index is 753. The van der Waals surface area contributed by atoms with Gasteiger partial charge in [-0.3, -0.25) is 4.90 Å². The summed E-state index contributed by atoms with van der Waals surface area (Å²) < 4.78 is 29.0.